The van der Waals surface area contributed by atoms with E-state index < -0.39 is 0 Å². The lowest BCUT2D eigenvalue weighted by atomic mass is 10.1. The molecular weight excluding hydrogens is 260 g/mol. The first-order valence-electron chi connectivity index (χ1n) is 6.26. The van der Waals surface area contributed by atoms with Crippen LogP contribution in [0.3, 0.4) is 0 Å². The molecule has 0 aliphatic heterocycles. The van der Waals surface area contributed by atoms with Gasteiger partial charge in [-0.25, -0.2) is 8.78 Å². The summed E-state index contributed by atoms with van der Waals surface area (Å²) < 4.78 is 25.8. The van der Waals surface area contributed by atoms with E-state index in [1.54, 1.807) is 18.0 Å². The average molecular weight is 275 g/mol. The quantitative estimate of drug-likeness (QED) is 0.780. The molecule has 0 radical (unpaired) electrons. The highest BCUT2D eigenvalue weighted by atomic mass is 19.1. The van der Waals surface area contributed by atoms with Crippen molar-refractivity contribution in [1.29, 1.82) is 0 Å². The van der Waals surface area contributed by atoms with Crippen LogP contribution in [-0.2, 0) is 6.54 Å². The number of nitrogens with zero attached hydrogens (tertiary/aromatic N) is 1. The van der Waals surface area contributed by atoms with Crippen molar-refractivity contribution in [2.45, 2.75) is 6.54 Å². The van der Waals surface area contributed by atoms with Crippen molar-refractivity contribution >= 4 is 5.78 Å². The summed E-state index contributed by atoms with van der Waals surface area (Å²) in [4.78, 5) is 13.8. The Bertz CT molecular complexity index is 596. The summed E-state index contributed by atoms with van der Waals surface area (Å²) in [6, 6.07) is 11.7. The molecule has 0 unspecified atom stereocenters. The van der Waals surface area contributed by atoms with Gasteiger partial charge in [-0.1, -0.05) is 12.1 Å². The second-order valence-electron chi connectivity index (χ2n) is 4.73. The zero-order valence-electron chi connectivity index (χ0n) is 11.1. The zero-order valence-corrected chi connectivity index (χ0v) is 11.1. The highest BCUT2D eigenvalue weighted by Crippen LogP contribution is 2.08. The molecule has 104 valence electrons. The van der Waals surface area contributed by atoms with Crippen molar-refractivity contribution in [2.24, 2.45) is 0 Å². The van der Waals surface area contributed by atoms with Gasteiger partial charge in [-0.2, -0.15) is 0 Å². The molecule has 2 rings (SSSR count). The van der Waals surface area contributed by atoms with Crippen molar-refractivity contribution < 1.29 is 13.6 Å². The molecule has 0 aliphatic rings. The summed E-state index contributed by atoms with van der Waals surface area (Å²) in [6.45, 7) is 0.673. The van der Waals surface area contributed by atoms with Crippen LogP contribution in [0.4, 0.5) is 8.78 Å². The fourth-order valence-electron chi connectivity index (χ4n) is 1.98. The first-order valence-corrected chi connectivity index (χ1v) is 6.26. The van der Waals surface area contributed by atoms with Gasteiger partial charge in [0.05, 0.1) is 6.54 Å². The van der Waals surface area contributed by atoms with E-state index in [1.807, 2.05) is 6.07 Å². The predicted molar refractivity (Wildman–Crippen MR) is 73.5 cm³/mol. The zero-order chi connectivity index (χ0) is 14.5. The molecule has 0 amide bonds. The third-order valence-electron chi connectivity index (χ3n) is 2.92. The molecule has 0 saturated heterocycles. The molecule has 2 aromatic rings. The van der Waals surface area contributed by atoms with Crippen LogP contribution >= 0.6 is 0 Å². The molecule has 4 heteroatoms. The van der Waals surface area contributed by atoms with Crippen molar-refractivity contribution in [3.63, 3.8) is 0 Å². The predicted octanol–water partition coefficient (Wildman–Crippen LogP) is 3.28. The van der Waals surface area contributed by atoms with Crippen molar-refractivity contribution in [3.05, 3.63) is 71.3 Å². The van der Waals surface area contributed by atoms with Gasteiger partial charge in [-0.3, -0.25) is 9.69 Å². The van der Waals surface area contributed by atoms with E-state index in [0.717, 1.165) is 5.56 Å². The standard InChI is InChI=1S/C16H15F2NO/c1-19(10-12-3-2-4-15(18)9-12)11-16(20)13-5-7-14(17)8-6-13/h2-9H,10-11H2,1H3. The molecule has 2 aromatic carbocycles. The topological polar surface area (TPSA) is 20.3 Å². The van der Waals surface area contributed by atoms with Crippen LogP contribution in [0.15, 0.2) is 48.5 Å². The first kappa shape index (κ1) is 14.3. The van der Waals surface area contributed by atoms with Crippen LogP contribution in [0, 0.1) is 11.6 Å². The SMILES string of the molecule is CN(CC(=O)c1ccc(F)cc1)Cc1cccc(F)c1. The minimum absolute atomic E-state index is 0.0936. The molecule has 0 aliphatic carbocycles. The summed E-state index contributed by atoms with van der Waals surface area (Å²) in [5.41, 5.74) is 1.27. The monoisotopic (exact) mass is 275 g/mol. The average Bonchev–Trinajstić information content (AvgIpc) is 2.39. The van der Waals surface area contributed by atoms with Crippen LogP contribution < -0.4 is 0 Å². The van der Waals surface area contributed by atoms with Gasteiger partial charge < -0.3 is 0 Å². The van der Waals surface area contributed by atoms with Crippen molar-refractivity contribution in [1.82, 2.24) is 4.90 Å². The molecule has 0 saturated carbocycles. The number of rotatable bonds is 5. The number of hydrogen-bond acceptors (Lipinski definition) is 2. The Morgan fingerprint density at radius 2 is 1.75 bits per heavy atom. The fourth-order valence-corrected chi connectivity index (χ4v) is 1.98. The second kappa shape index (κ2) is 6.39. The minimum Gasteiger partial charge on any atom is -0.295 e. The van der Waals surface area contributed by atoms with Gasteiger partial charge in [0.2, 0.25) is 0 Å². The molecule has 0 atom stereocenters. The van der Waals surface area contributed by atoms with E-state index in [1.165, 1.54) is 36.4 Å². The Labute approximate surface area is 116 Å². The molecule has 0 fully saturated rings. The summed E-state index contributed by atoms with van der Waals surface area (Å²) in [5, 5.41) is 0. The van der Waals surface area contributed by atoms with E-state index in [0.29, 0.717) is 12.1 Å². The number of benzene rings is 2. The molecule has 0 heterocycles. The smallest absolute Gasteiger partial charge is 0.176 e. The van der Waals surface area contributed by atoms with Gasteiger partial charge >= 0.3 is 0 Å². The van der Waals surface area contributed by atoms with Crippen molar-refractivity contribution in [3.8, 4) is 0 Å². The largest absolute Gasteiger partial charge is 0.295 e. The van der Waals surface area contributed by atoms with Gasteiger partial charge in [0.15, 0.2) is 5.78 Å². The van der Waals surface area contributed by atoms with Crippen LogP contribution in [0.25, 0.3) is 0 Å². The van der Waals surface area contributed by atoms with Crippen LogP contribution in [0.1, 0.15) is 15.9 Å². The first-order chi connectivity index (χ1) is 9.54. The van der Waals surface area contributed by atoms with E-state index in [-0.39, 0.29) is 24.0 Å². The molecule has 0 bridgehead atoms. The van der Waals surface area contributed by atoms with Gasteiger partial charge in [0.1, 0.15) is 11.6 Å². The normalized spacial score (nSPS) is 10.8. The number of likely N-dealkylation sites (N-methyl/N-ethyl adjacent to an activating group) is 1. The van der Waals surface area contributed by atoms with Gasteiger partial charge in [-0.05, 0) is 49.0 Å². The molecular formula is C16H15F2NO. The Kier molecular flexibility index (Phi) is 4.58. The lowest BCUT2D eigenvalue weighted by Crippen LogP contribution is -2.25. The molecule has 0 spiro atoms. The third kappa shape index (κ3) is 3.96. The molecule has 2 nitrogen and oxygen atoms in total. The summed E-state index contributed by atoms with van der Waals surface area (Å²) in [5.74, 6) is -0.751. The lowest BCUT2D eigenvalue weighted by Gasteiger charge is -2.15. The fraction of sp³-hybridized carbons (Fsp3) is 0.188. The van der Waals surface area contributed by atoms with E-state index in [4.69, 9.17) is 0 Å². The van der Waals surface area contributed by atoms with Crippen LogP contribution in [-0.4, -0.2) is 24.3 Å². The number of carbonyl (C=O) groups is 1. The lowest BCUT2D eigenvalue weighted by molar-refractivity contribution is 0.0943. The number of halogens is 2. The number of ketones is 1. The number of carbonyl (C=O) groups excluding carboxylic acids is 1. The Morgan fingerprint density at radius 1 is 1.05 bits per heavy atom. The van der Waals surface area contributed by atoms with Gasteiger partial charge in [0, 0.05) is 12.1 Å². The highest BCUT2D eigenvalue weighted by molar-refractivity contribution is 5.97. The minimum atomic E-state index is -0.366. The second-order valence-corrected chi connectivity index (χ2v) is 4.73. The summed E-state index contributed by atoms with van der Waals surface area (Å²) in [7, 11) is 1.78. The van der Waals surface area contributed by atoms with Gasteiger partial charge in [-0.15, -0.1) is 0 Å². The van der Waals surface area contributed by atoms with Crippen LogP contribution in [0.5, 0.6) is 0 Å². The Morgan fingerprint density at radius 3 is 2.40 bits per heavy atom. The van der Waals surface area contributed by atoms with E-state index >= 15 is 0 Å². The number of hydrogen-bond donors (Lipinski definition) is 0. The van der Waals surface area contributed by atoms with Crippen molar-refractivity contribution in [2.75, 3.05) is 13.6 Å². The molecule has 0 N–H and O–H groups in total. The molecule has 0 aromatic heterocycles. The summed E-state index contributed by atoms with van der Waals surface area (Å²) >= 11 is 0. The maximum atomic E-state index is 13.1. The maximum absolute atomic E-state index is 13.1. The van der Waals surface area contributed by atoms with Gasteiger partial charge in [0.25, 0.3) is 0 Å². The molecule has 20 heavy (non-hydrogen) atoms. The third-order valence-corrected chi connectivity index (χ3v) is 2.92. The van der Waals surface area contributed by atoms with E-state index in [9.17, 15) is 13.6 Å². The Balaban J connectivity index is 1.95. The van der Waals surface area contributed by atoms with E-state index in [2.05, 4.69) is 0 Å². The van der Waals surface area contributed by atoms with Crippen LogP contribution in [0.2, 0.25) is 0 Å². The maximum Gasteiger partial charge on any atom is 0.176 e. The summed E-state index contributed by atoms with van der Waals surface area (Å²) in [6.07, 6.45) is 0. The Hall–Kier alpha value is -2.07. The highest BCUT2D eigenvalue weighted by Gasteiger charge is 2.10. The number of Topliss-reactive ketones (excluding diaryl/α,β-unsaturated/α-hetero) is 1.